The summed E-state index contributed by atoms with van der Waals surface area (Å²) in [5.41, 5.74) is 7.14. The second-order valence-electron chi connectivity index (χ2n) is 6.21. The van der Waals surface area contributed by atoms with Crippen molar-refractivity contribution >= 4 is 42.3 Å². The Morgan fingerprint density at radius 2 is 1.88 bits per heavy atom. The Morgan fingerprint density at radius 3 is 2.48 bits per heavy atom. The van der Waals surface area contributed by atoms with E-state index in [0.29, 0.717) is 0 Å². The molecule has 1 atom stereocenters. The number of hydrogen-bond acceptors (Lipinski definition) is 4. The van der Waals surface area contributed by atoms with Crippen LogP contribution in [0.3, 0.4) is 0 Å². The fourth-order valence-corrected chi connectivity index (χ4v) is 2.84. The number of anilines is 1. The summed E-state index contributed by atoms with van der Waals surface area (Å²) >= 11 is 0. The quantitative estimate of drug-likeness (QED) is 0.690. The zero-order valence-corrected chi connectivity index (χ0v) is 16.1. The van der Waals surface area contributed by atoms with Gasteiger partial charge in [0.05, 0.1) is 13.1 Å². The van der Waals surface area contributed by atoms with Gasteiger partial charge in [-0.2, -0.15) is 0 Å². The van der Waals surface area contributed by atoms with Crippen molar-refractivity contribution in [3.63, 3.8) is 0 Å². The summed E-state index contributed by atoms with van der Waals surface area (Å²) in [6.45, 7) is 5.38. The van der Waals surface area contributed by atoms with E-state index in [2.05, 4.69) is 22.5 Å². The smallest absolute Gasteiger partial charge is 0.243 e. The zero-order chi connectivity index (χ0) is 16.7. The number of hydrogen-bond donors (Lipinski definition) is 3. The summed E-state index contributed by atoms with van der Waals surface area (Å²) in [4.78, 5) is 25.2. The van der Waals surface area contributed by atoms with E-state index in [0.717, 1.165) is 31.2 Å². The van der Waals surface area contributed by atoms with Crippen LogP contribution in [0.5, 0.6) is 0 Å². The molecule has 1 unspecified atom stereocenters. The Labute approximate surface area is 161 Å². The number of amides is 2. The van der Waals surface area contributed by atoms with Gasteiger partial charge in [-0.1, -0.05) is 19.1 Å². The predicted molar refractivity (Wildman–Crippen MR) is 105 cm³/mol. The van der Waals surface area contributed by atoms with Crippen molar-refractivity contribution in [3.8, 4) is 0 Å². The molecular weight excluding hydrogens is 363 g/mol. The first kappa shape index (κ1) is 23.7. The van der Waals surface area contributed by atoms with Crippen LogP contribution in [0, 0.1) is 5.92 Å². The summed E-state index contributed by atoms with van der Waals surface area (Å²) in [7, 11) is 0. The minimum Gasteiger partial charge on any atom is -0.346 e. The van der Waals surface area contributed by atoms with E-state index in [9.17, 15) is 9.59 Å². The third kappa shape index (κ3) is 8.54. The third-order valence-corrected chi connectivity index (χ3v) is 4.02. The average Bonchev–Trinajstić information content (AvgIpc) is 2.54. The van der Waals surface area contributed by atoms with Crippen molar-refractivity contribution in [1.29, 1.82) is 0 Å². The summed E-state index contributed by atoms with van der Waals surface area (Å²) in [6.07, 6.45) is 2.59. The summed E-state index contributed by atoms with van der Waals surface area (Å²) in [5.74, 6) is 0.168. The summed E-state index contributed by atoms with van der Waals surface area (Å²) in [5, 5.41) is 5.19. The molecule has 1 aliphatic rings. The molecule has 0 spiro atoms. The predicted octanol–water partition coefficient (Wildman–Crippen LogP) is 1.78. The highest BCUT2D eigenvalue weighted by Crippen LogP contribution is 2.18. The largest absolute Gasteiger partial charge is 0.346 e. The number of halogens is 2. The molecule has 0 saturated carbocycles. The second-order valence-corrected chi connectivity index (χ2v) is 6.21. The monoisotopic (exact) mass is 390 g/mol. The number of rotatable bonds is 6. The van der Waals surface area contributed by atoms with Crippen LogP contribution < -0.4 is 16.4 Å². The lowest BCUT2D eigenvalue weighted by Gasteiger charge is -2.30. The minimum atomic E-state index is -0.341. The molecule has 25 heavy (non-hydrogen) atoms. The van der Waals surface area contributed by atoms with E-state index in [-0.39, 0.29) is 49.7 Å². The molecule has 0 aliphatic carbocycles. The third-order valence-electron chi connectivity index (χ3n) is 4.02. The van der Waals surface area contributed by atoms with Gasteiger partial charge >= 0.3 is 0 Å². The number of carbonyl (C=O) groups is 2. The van der Waals surface area contributed by atoms with Crippen LogP contribution in [0.1, 0.15) is 25.3 Å². The van der Waals surface area contributed by atoms with Crippen molar-refractivity contribution in [2.24, 2.45) is 11.7 Å². The van der Waals surface area contributed by atoms with Gasteiger partial charge in [-0.05, 0) is 43.0 Å². The first-order valence-electron chi connectivity index (χ1n) is 8.14. The Hall–Kier alpha value is -1.34. The highest BCUT2D eigenvalue weighted by molar-refractivity contribution is 5.94. The van der Waals surface area contributed by atoms with Crippen molar-refractivity contribution in [3.05, 3.63) is 29.8 Å². The fourth-order valence-electron chi connectivity index (χ4n) is 2.84. The number of benzene rings is 1. The number of likely N-dealkylation sites (tertiary alicyclic amines) is 1. The van der Waals surface area contributed by atoms with Crippen LogP contribution in [-0.2, 0) is 16.1 Å². The SMILES string of the molecule is CC1CCCN(Cc2ccc(NC(=O)CNC(=O)CN)cc2)C1.Cl.Cl. The number of carbonyl (C=O) groups excluding carboxylic acids is 2. The van der Waals surface area contributed by atoms with Gasteiger partial charge in [0.25, 0.3) is 0 Å². The molecule has 1 heterocycles. The van der Waals surface area contributed by atoms with E-state index < -0.39 is 0 Å². The normalized spacial score (nSPS) is 17.0. The molecule has 2 rings (SSSR count). The maximum absolute atomic E-state index is 11.7. The summed E-state index contributed by atoms with van der Waals surface area (Å²) in [6, 6.07) is 7.86. The maximum Gasteiger partial charge on any atom is 0.243 e. The van der Waals surface area contributed by atoms with Crippen molar-refractivity contribution in [1.82, 2.24) is 10.2 Å². The van der Waals surface area contributed by atoms with Crippen LogP contribution in [0.15, 0.2) is 24.3 Å². The number of nitrogens with one attached hydrogen (secondary N) is 2. The van der Waals surface area contributed by atoms with Crippen LogP contribution in [0.4, 0.5) is 5.69 Å². The highest BCUT2D eigenvalue weighted by atomic mass is 35.5. The lowest BCUT2D eigenvalue weighted by atomic mass is 10.00. The van der Waals surface area contributed by atoms with Gasteiger partial charge in [0.1, 0.15) is 0 Å². The molecule has 0 radical (unpaired) electrons. The van der Waals surface area contributed by atoms with Gasteiger partial charge in [0, 0.05) is 18.8 Å². The van der Waals surface area contributed by atoms with Gasteiger partial charge in [-0.15, -0.1) is 24.8 Å². The molecule has 1 fully saturated rings. The topological polar surface area (TPSA) is 87.5 Å². The zero-order valence-electron chi connectivity index (χ0n) is 14.5. The summed E-state index contributed by atoms with van der Waals surface area (Å²) < 4.78 is 0. The number of nitrogens with zero attached hydrogens (tertiary/aromatic N) is 1. The molecule has 1 aromatic carbocycles. The molecule has 8 heteroatoms. The first-order valence-corrected chi connectivity index (χ1v) is 8.14. The number of nitrogens with two attached hydrogens (primary N) is 1. The molecular formula is C17H28Cl2N4O2. The Morgan fingerprint density at radius 1 is 1.20 bits per heavy atom. The van der Waals surface area contributed by atoms with Gasteiger partial charge in [0.15, 0.2) is 0 Å². The molecule has 0 bridgehead atoms. The Balaban J connectivity index is 0.00000288. The van der Waals surface area contributed by atoms with Crippen LogP contribution in [0.25, 0.3) is 0 Å². The standard InChI is InChI=1S/C17H26N4O2.2ClH/c1-13-3-2-8-21(11-13)12-14-4-6-15(7-5-14)20-17(23)10-19-16(22)9-18;;/h4-7,13H,2-3,8-12,18H2,1H3,(H,19,22)(H,20,23);2*1H. The van der Waals surface area contributed by atoms with Crippen LogP contribution >= 0.6 is 24.8 Å². The van der Waals surface area contributed by atoms with E-state index >= 15 is 0 Å². The van der Waals surface area contributed by atoms with Crippen molar-refractivity contribution < 1.29 is 9.59 Å². The first-order chi connectivity index (χ1) is 11.1. The van der Waals surface area contributed by atoms with Crippen LogP contribution in [0.2, 0.25) is 0 Å². The van der Waals surface area contributed by atoms with Crippen molar-refractivity contribution in [2.75, 3.05) is 31.5 Å². The molecule has 1 saturated heterocycles. The van der Waals surface area contributed by atoms with Crippen molar-refractivity contribution in [2.45, 2.75) is 26.3 Å². The minimum absolute atomic E-state index is 0. The molecule has 1 aliphatic heterocycles. The van der Waals surface area contributed by atoms with E-state index in [1.807, 2.05) is 24.3 Å². The average molecular weight is 391 g/mol. The lowest BCUT2D eigenvalue weighted by Crippen LogP contribution is -2.36. The molecule has 2 amide bonds. The van der Waals surface area contributed by atoms with E-state index in [1.54, 1.807) is 0 Å². The Kier molecular flexibility index (Phi) is 11.4. The second kappa shape index (κ2) is 12.1. The maximum atomic E-state index is 11.7. The number of piperidine rings is 1. The van der Waals surface area contributed by atoms with Gasteiger partial charge in [-0.3, -0.25) is 14.5 Å². The van der Waals surface area contributed by atoms with Gasteiger partial charge in [0.2, 0.25) is 11.8 Å². The molecule has 1 aromatic rings. The highest BCUT2D eigenvalue weighted by Gasteiger charge is 2.16. The van der Waals surface area contributed by atoms with Gasteiger partial charge < -0.3 is 16.4 Å². The molecule has 6 nitrogen and oxygen atoms in total. The fraction of sp³-hybridized carbons (Fsp3) is 0.529. The van der Waals surface area contributed by atoms with E-state index in [1.165, 1.54) is 18.4 Å². The molecule has 142 valence electrons. The van der Waals surface area contributed by atoms with Crippen LogP contribution in [-0.4, -0.2) is 42.9 Å². The van der Waals surface area contributed by atoms with E-state index in [4.69, 9.17) is 5.73 Å². The Bertz CT molecular complexity index is 540. The molecule has 0 aromatic heterocycles. The molecule has 4 N–H and O–H groups in total. The lowest BCUT2D eigenvalue weighted by molar-refractivity contribution is -0.123. The van der Waals surface area contributed by atoms with Gasteiger partial charge in [-0.25, -0.2) is 0 Å².